The van der Waals surface area contributed by atoms with Crippen LogP contribution in [0.5, 0.6) is 5.75 Å². The van der Waals surface area contributed by atoms with E-state index in [0.29, 0.717) is 16.6 Å². The number of amides is 1. The van der Waals surface area contributed by atoms with Crippen molar-refractivity contribution in [1.82, 2.24) is 4.98 Å². The second-order valence-corrected chi connectivity index (χ2v) is 4.99. The van der Waals surface area contributed by atoms with Crippen LogP contribution in [0.15, 0.2) is 29.6 Å². The van der Waals surface area contributed by atoms with Crippen LogP contribution in [-0.4, -0.2) is 23.8 Å². The van der Waals surface area contributed by atoms with Crippen LogP contribution in [0.1, 0.15) is 23.0 Å². The molecular formula is C14H14N2O3S. The largest absolute Gasteiger partial charge is 0.496 e. The lowest BCUT2D eigenvalue weighted by atomic mass is 10.1. The molecule has 0 radical (unpaired) electrons. The van der Waals surface area contributed by atoms with Crippen molar-refractivity contribution in [1.29, 1.82) is 0 Å². The molecule has 2 rings (SSSR count). The monoisotopic (exact) mass is 290 g/mol. The van der Waals surface area contributed by atoms with Gasteiger partial charge in [-0.1, -0.05) is 18.2 Å². The van der Waals surface area contributed by atoms with Crippen LogP contribution in [0.3, 0.4) is 0 Å². The number of ketones is 1. The fraction of sp³-hybridized carbons (Fsp3) is 0.214. The van der Waals surface area contributed by atoms with Gasteiger partial charge in [-0.05, 0) is 6.07 Å². The predicted molar refractivity (Wildman–Crippen MR) is 77.4 cm³/mol. The molecule has 0 aliphatic carbocycles. The standard InChI is InChI=1S/C14H14N2O3S/c1-9(17)11-8-20-14(15-11)16-13(18)7-10-5-3-4-6-12(10)19-2/h3-6,8H,7H2,1-2H3,(H,15,16,18). The van der Waals surface area contributed by atoms with E-state index in [0.717, 1.165) is 5.56 Å². The SMILES string of the molecule is COc1ccccc1CC(=O)Nc1nc(C(C)=O)cs1. The summed E-state index contributed by atoms with van der Waals surface area (Å²) in [5.41, 5.74) is 1.17. The van der Waals surface area contributed by atoms with Gasteiger partial charge in [0.2, 0.25) is 5.91 Å². The van der Waals surface area contributed by atoms with Crippen LogP contribution < -0.4 is 10.1 Å². The summed E-state index contributed by atoms with van der Waals surface area (Å²) in [4.78, 5) is 27.1. The number of nitrogens with zero attached hydrogens (tertiary/aromatic N) is 1. The first kappa shape index (κ1) is 14.2. The van der Waals surface area contributed by atoms with E-state index in [9.17, 15) is 9.59 Å². The number of rotatable bonds is 5. The van der Waals surface area contributed by atoms with Gasteiger partial charge in [-0.15, -0.1) is 11.3 Å². The first-order valence-corrected chi connectivity index (χ1v) is 6.86. The zero-order chi connectivity index (χ0) is 14.5. The molecule has 0 unspecified atom stereocenters. The van der Waals surface area contributed by atoms with E-state index in [1.807, 2.05) is 18.2 Å². The third-order valence-electron chi connectivity index (χ3n) is 2.65. The van der Waals surface area contributed by atoms with Crippen molar-refractivity contribution < 1.29 is 14.3 Å². The zero-order valence-corrected chi connectivity index (χ0v) is 12.0. The Morgan fingerprint density at radius 1 is 1.35 bits per heavy atom. The average molecular weight is 290 g/mol. The lowest BCUT2D eigenvalue weighted by Crippen LogP contribution is -2.15. The molecule has 0 spiro atoms. The highest BCUT2D eigenvalue weighted by atomic mass is 32.1. The van der Waals surface area contributed by atoms with Crippen molar-refractivity contribution in [2.45, 2.75) is 13.3 Å². The number of nitrogens with one attached hydrogen (secondary N) is 1. The van der Waals surface area contributed by atoms with Gasteiger partial charge in [0.1, 0.15) is 11.4 Å². The smallest absolute Gasteiger partial charge is 0.230 e. The molecule has 1 aromatic carbocycles. The number of para-hydroxylation sites is 1. The molecule has 0 saturated carbocycles. The normalized spacial score (nSPS) is 10.1. The van der Waals surface area contributed by atoms with Gasteiger partial charge in [-0.25, -0.2) is 4.98 Å². The van der Waals surface area contributed by atoms with Gasteiger partial charge in [0.05, 0.1) is 13.5 Å². The summed E-state index contributed by atoms with van der Waals surface area (Å²) in [5, 5.41) is 4.73. The van der Waals surface area contributed by atoms with Gasteiger partial charge in [0, 0.05) is 17.9 Å². The molecule has 1 N–H and O–H groups in total. The Balaban J connectivity index is 2.03. The van der Waals surface area contributed by atoms with E-state index >= 15 is 0 Å². The third kappa shape index (κ3) is 3.42. The summed E-state index contributed by atoms with van der Waals surface area (Å²) in [6.07, 6.45) is 0.193. The minimum atomic E-state index is -0.195. The summed E-state index contributed by atoms with van der Waals surface area (Å²) in [6.45, 7) is 1.44. The predicted octanol–water partition coefficient (Wildman–Crippen LogP) is 2.54. The molecule has 20 heavy (non-hydrogen) atoms. The van der Waals surface area contributed by atoms with Gasteiger partial charge >= 0.3 is 0 Å². The number of hydrogen-bond donors (Lipinski definition) is 1. The summed E-state index contributed by atoms with van der Waals surface area (Å²) in [6, 6.07) is 7.34. The Bertz CT molecular complexity index is 637. The van der Waals surface area contributed by atoms with Crippen molar-refractivity contribution in [2.24, 2.45) is 0 Å². The number of benzene rings is 1. The second-order valence-electron chi connectivity index (χ2n) is 4.13. The maximum atomic E-state index is 11.9. The van der Waals surface area contributed by atoms with Crippen molar-refractivity contribution in [3.8, 4) is 5.75 Å². The maximum absolute atomic E-state index is 11.9. The summed E-state index contributed by atoms with van der Waals surface area (Å²) >= 11 is 1.23. The molecule has 104 valence electrons. The first-order valence-electron chi connectivity index (χ1n) is 5.98. The fourth-order valence-corrected chi connectivity index (χ4v) is 2.44. The van der Waals surface area contributed by atoms with Gasteiger partial charge in [0.15, 0.2) is 10.9 Å². The molecule has 1 heterocycles. The Hall–Kier alpha value is -2.21. The minimum absolute atomic E-state index is 0.119. The molecule has 0 aliphatic rings. The van der Waals surface area contributed by atoms with E-state index in [1.54, 1.807) is 18.6 Å². The lowest BCUT2D eigenvalue weighted by molar-refractivity contribution is -0.115. The van der Waals surface area contributed by atoms with Crippen molar-refractivity contribution in [3.05, 3.63) is 40.9 Å². The van der Waals surface area contributed by atoms with E-state index in [4.69, 9.17) is 4.74 Å². The molecule has 2 aromatic rings. The van der Waals surface area contributed by atoms with Gasteiger partial charge < -0.3 is 10.1 Å². The Labute approximate surface area is 120 Å². The van der Waals surface area contributed by atoms with Crippen molar-refractivity contribution in [3.63, 3.8) is 0 Å². The lowest BCUT2D eigenvalue weighted by Gasteiger charge is -2.07. The number of ether oxygens (including phenoxy) is 1. The number of Topliss-reactive ketones (excluding diaryl/α,β-unsaturated/α-hetero) is 1. The zero-order valence-electron chi connectivity index (χ0n) is 11.2. The number of carbonyl (C=O) groups excluding carboxylic acids is 2. The Morgan fingerprint density at radius 2 is 2.10 bits per heavy atom. The van der Waals surface area contributed by atoms with Gasteiger partial charge in [-0.2, -0.15) is 0 Å². The quantitative estimate of drug-likeness (QED) is 0.859. The van der Waals surface area contributed by atoms with Crippen LogP contribution in [0.4, 0.5) is 5.13 Å². The third-order valence-corrected chi connectivity index (χ3v) is 3.41. The molecule has 5 nitrogen and oxygen atoms in total. The van der Waals surface area contributed by atoms with Gasteiger partial charge in [-0.3, -0.25) is 9.59 Å². The average Bonchev–Trinajstić information content (AvgIpc) is 2.88. The Morgan fingerprint density at radius 3 is 2.75 bits per heavy atom. The maximum Gasteiger partial charge on any atom is 0.230 e. The van der Waals surface area contributed by atoms with Gasteiger partial charge in [0.25, 0.3) is 0 Å². The minimum Gasteiger partial charge on any atom is -0.496 e. The number of carbonyl (C=O) groups is 2. The highest BCUT2D eigenvalue weighted by molar-refractivity contribution is 7.14. The number of anilines is 1. The number of aromatic nitrogens is 1. The van der Waals surface area contributed by atoms with Crippen LogP contribution in [0, 0.1) is 0 Å². The highest BCUT2D eigenvalue weighted by Crippen LogP contribution is 2.20. The first-order chi connectivity index (χ1) is 9.60. The van der Waals surface area contributed by atoms with Crippen LogP contribution >= 0.6 is 11.3 Å². The highest BCUT2D eigenvalue weighted by Gasteiger charge is 2.11. The summed E-state index contributed by atoms with van der Waals surface area (Å²) in [7, 11) is 1.57. The number of thiazole rings is 1. The molecular weight excluding hydrogens is 276 g/mol. The fourth-order valence-electron chi connectivity index (χ4n) is 1.68. The molecule has 0 saturated heterocycles. The van der Waals surface area contributed by atoms with E-state index in [1.165, 1.54) is 18.3 Å². The number of methoxy groups -OCH3 is 1. The summed E-state index contributed by atoms with van der Waals surface area (Å²) < 4.78 is 5.19. The van der Waals surface area contributed by atoms with Crippen molar-refractivity contribution in [2.75, 3.05) is 12.4 Å². The van der Waals surface area contributed by atoms with E-state index < -0.39 is 0 Å². The molecule has 0 atom stereocenters. The summed E-state index contributed by atoms with van der Waals surface area (Å²) in [5.74, 6) is 0.358. The van der Waals surface area contributed by atoms with E-state index in [-0.39, 0.29) is 18.1 Å². The molecule has 0 bridgehead atoms. The molecule has 0 aliphatic heterocycles. The van der Waals surface area contributed by atoms with Crippen LogP contribution in [0.2, 0.25) is 0 Å². The molecule has 1 amide bonds. The Kier molecular flexibility index (Phi) is 4.47. The van der Waals surface area contributed by atoms with Crippen molar-refractivity contribution >= 4 is 28.2 Å². The molecule has 0 fully saturated rings. The van der Waals surface area contributed by atoms with Crippen LogP contribution in [0.25, 0.3) is 0 Å². The molecule has 6 heteroatoms. The topological polar surface area (TPSA) is 68.3 Å². The number of hydrogen-bond acceptors (Lipinski definition) is 5. The molecule has 1 aromatic heterocycles. The second kappa shape index (κ2) is 6.29. The van der Waals surface area contributed by atoms with Crippen LogP contribution in [-0.2, 0) is 11.2 Å². The van der Waals surface area contributed by atoms with E-state index in [2.05, 4.69) is 10.3 Å².